The summed E-state index contributed by atoms with van der Waals surface area (Å²) in [6.45, 7) is 0. The quantitative estimate of drug-likeness (QED) is 0.662. The molecule has 1 nitrogen and oxygen atoms in total. The van der Waals surface area contributed by atoms with E-state index in [1.165, 1.54) is 17.0 Å². The van der Waals surface area contributed by atoms with Gasteiger partial charge in [-0.05, 0) is 12.1 Å². The summed E-state index contributed by atoms with van der Waals surface area (Å²) in [5.41, 5.74) is -0.267. The molecule has 0 spiro atoms. The molecule has 0 aliphatic heterocycles. The third-order valence-electron chi connectivity index (χ3n) is 1.84. The fourth-order valence-corrected chi connectivity index (χ4v) is 1.26. The van der Waals surface area contributed by atoms with E-state index in [9.17, 15) is 13.2 Å². The Kier molecular flexibility index (Phi) is 2.04. The first-order valence-corrected chi connectivity index (χ1v) is 3.96. The van der Waals surface area contributed by atoms with E-state index in [0.717, 1.165) is 0 Å². The van der Waals surface area contributed by atoms with E-state index in [4.69, 9.17) is 0 Å². The molecule has 4 heteroatoms. The Morgan fingerprint density at radius 3 is 1.86 bits per heavy atom. The molecule has 1 aromatic carbocycles. The second-order valence-corrected chi connectivity index (χ2v) is 2.81. The molecule has 0 fully saturated rings. The van der Waals surface area contributed by atoms with Gasteiger partial charge in [0.05, 0.1) is 0 Å². The molecular weight excluding hydrogens is 191 g/mol. The van der Waals surface area contributed by atoms with E-state index >= 15 is 0 Å². The van der Waals surface area contributed by atoms with Gasteiger partial charge in [-0.2, -0.15) is 0 Å². The Hall–Kier alpha value is -1.71. The van der Waals surface area contributed by atoms with Crippen molar-refractivity contribution in [3.8, 4) is 5.69 Å². The maximum Gasteiger partial charge on any atom is 0.153 e. The molecule has 0 bridgehead atoms. The van der Waals surface area contributed by atoms with Crippen molar-refractivity contribution in [3.63, 3.8) is 0 Å². The highest BCUT2D eigenvalue weighted by atomic mass is 19.1. The SMILES string of the molecule is Fc1cc(F)c(-n2cccc2)c(F)c1. The van der Waals surface area contributed by atoms with Crippen molar-refractivity contribution in [2.24, 2.45) is 0 Å². The first-order valence-electron chi connectivity index (χ1n) is 3.96. The van der Waals surface area contributed by atoms with Crippen molar-refractivity contribution < 1.29 is 13.2 Å². The van der Waals surface area contributed by atoms with Crippen LogP contribution in [-0.4, -0.2) is 4.57 Å². The largest absolute Gasteiger partial charge is 0.319 e. The number of rotatable bonds is 1. The molecule has 0 saturated carbocycles. The van der Waals surface area contributed by atoms with Crippen LogP contribution < -0.4 is 0 Å². The highest BCUT2D eigenvalue weighted by molar-refractivity contribution is 5.36. The maximum absolute atomic E-state index is 13.2. The highest BCUT2D eigenvalue weighted by Crippen LogP contribution is 2.18. The Labute approximate surface area is 78.4 Å². The van der Waals surface area contributed by atoms with Crippen molar-refractivity contribution in [1.82, 2.24) is 4.57 Å². The zero-order valence-electron chi connectivity index (χ0n) is 7.05. The lowest BCUT2D eigenvalue weighted by Gasteiger charge is -2.05. The minimum Gasteiger partial charge on any atom is -0.319 e. The number of benzene rings is 1. The Morgan fingerprint density at radius 1 is 0.857 bits per heavy atom. The predicted octanol–water partition coefficient (Wildman–Crippen LogP) is 2.89. The molecule has 0 saturated heterocycles. The van der Waals surface area contributed by atoms with Crippen LogP contribution in [0.15, 0.2) is 36.7 Å². The van der Waals surface area contributed by atoms with Gasteiger partial charge < -0.3 is 4.57 Å². The number of aromatic nitrogens is 1. The summed E-state index contributed by atoms with van der Waals surface area (Å²) in [4.78, 5) is 0. The molecule has 14 heavy (non-hydrogen) atoms. The summed E-state index contributed by atoms with van der Waals surface area (Å²) in [5, 5.41) is 0. The van der Waals surface area contributed by atoms with E-state index in [1.807, 2.05) is 0 Å². The van der Waals surface area contributed by atoms with Crippen molar-refractivity contribution in [1.29, 1.82) is 0 Å². The van der Waals surface area contributed by atoms with Crippen molar-refractivity contribution in [3.05, 3.63) is 54.1 Å². The van der Waals surface area contributed by atoms with Crippen LogP contribution in [0.25, 0.3) is 5.69 Å². The Bertz CT molecular complexity index is 425. The van der Waals surface area contributed by atoms with Gasteiger partial charge in [-0.15, -0.1) is 0 Å². The number of nitrogens with zero attached hydrogens (tertiary/aromatic N) is 1. The minimum atomic E-state index is -0.920. The van der Waals surface area contributed by atoms with Gasteiger partial charge in [-0.1, -0.05) is 0 Å². The maximum atomic E-state index is 13.2. The Morgan fingerprint density at radius 2 is 1.36 bits per heavy atom. The van der Waals surface area contributed by atoms with Crippen molar-refractivity contribution in [2.75, 3.05) is 0 Å². The average molecular weight is 197 g/mol. The average Bonchev–Trinajstić information content (AvgIpc) is 2.54. The standard InChI is InChI=1S/C10H6F3N/c11-7-5-8(12)10(9(13)6-7)14-3-1-2-4-14/h1-6H. The van der Waals surface area contributed by atoms with Gasteiger partial charge in [0.2, 0.25) is 0 Å². The highest BCUT2D eigenvalue weighted by Gasteiger charge is 2.11. The van der Waals surface area contributed by atoms with Crippen LogP contribution in [0.2, 0.25) is 0 Å². The lowest BCUT2D eigenvalue weighted by molar-refractivity contribution is 0.534. The van der Waals surface area contributed by atoms with Gasteiger partial charge in [-0.25, -0.2) is 13.2 Å². The van der Waals surface area contributed by atoms with E-state index in [0.29, 0.717) is 12.1 Å². The minimum absolute atomic E-state index is 0.267. The van der Waals surface area contributed by atoms with E-state index < -0.39 is 17.5 Å². The van der Waals surface area contributed by atoms with Crippen molar-refractivity contribution >= 4 is 0 Å². The third-order valence-corrected chi connectivity index (χ3v) is 1.84. The van der Waals surface area contributed by atoms with Crippen LogP contribution in [0.3, 0.4) is 0 Å². The fourth-order valence-electron chi connectivity index (χ4n) is 1.26. The second-order valence-electron chi connectivity index (χ2n) is 2.81. The molecule has 0 aliphatic carbocycles. The van der Waals surface area contributed by atoms with E-state index in [-0.39, 0.29) is 5.69 Å². The molecule has 0 radical (unpaired) electrons. The molecule has 0 unspecified atom stereocenters. The summed E-state index contributed by atoms with van der Waals surface area (Å²) in [5.74, 6) is -2.76. The van der Waals surface area contributed by atoms with Gasteiger partial charge in [0.15, 0.2) is 11.6 Å². The van der Waals surface area contributed by atoms with E-state index in [1.54, 1.807) is 12.1 Å². The Balaban J connectivity index is 2.64. The molecule has 2 aromatic rings. The molecule has 0 amide bonds. The lowest BCUT2D eigenvalue weighted by atomic mass is 10.3. The monoisotopic (exact) mass is 197 g/mol. The molecule has 1 heterocycles. The van der Waals surface area contributed by atoms with Crippen LogP contribution in [0.4, 0.5) is 13.2 Å². The molecule has 0 aliphatic rings. The van der Waals surface area contributed by atoms with Gasteiger partial charge in [-0.3, -0.25) is 0 Å². The number of hydrogen-bond donors (Lipinski definition) is 0. The molecule has 1 aromatic heterocycles. The zero-order chi connectivity index (χ0) is 10.1. The second kappa shape index (κ2) is 3.21. The lowest BCUT2D eigenvalue weighted by Crippen LogP contribution is -1.99. The van der Waals surface area contributed by atoms with Crippen LogP contribution in [0.5, 0.6) is 0 Å². The third kappa shape index (κ3) is 1.39. The van der Waals surface area contributed by atoms with Gasteiger partial charge in [0.1, 0.15) is 11.5 Å². The van der Waals surface area contributed by atoms with Crippen molar-refractivity contribution in [2.45, 2.75) is 0 Å². The molecule has 0 N–H and O–H groups in total. The van der Waals surface area contributed by atoms with Crippen LogP contribution in [0.1, 0.15) is 0 Å². The summed E-state index contributed by atoms with van der Waals surface area (Å²) >= 11 is 0. The van der Waals surface area contributed by atoms with Gasteiger partial charge in [0.25, 0.3) is 0 Å². The van der Waals surface area contributed by atoms with Crippen LogP contribution in [-0.2, 0) is 0 Å². The van der Waals surface area contributed by atoms with Crippen LogP contribution >= 0.6 is 0 Å². The van der Waals surface area contributed by atoms with E-state index in [2.05, 4.69) is 0 Å². The molecule has 0 atom stereocenters. The summed E-state index contributed by atoms with van der Waals surface area (Å²) in [6.07, 6.45) is 2.97. The summed E-state index contributed by atoms with van der Waals surface area (Å²) < 4.78 is 40.2. The van der Waals surface area contributed by atoms with Crippen LogP contribution in [0, 0.1) is 17.5 Å². The topological polar surface area (TPSA) is 4.93 Å². The number of halogens is 3. The predicted molar refractivity (Wildman–Crippen MR) is 45.6 cm³/mol. The van der Waals surface area contributed by atoms with Gasteiger partial charge in [0, 0.05) is 24.5 Å². The number of hydrogen-bond acceptors (Lipinski definition) is 0. The fraction of sp³-hybridized carbons (Fsp3) is 0. The first kappa shape index (κ1) is 8.87. The zero-order valence-corrected chi connectivity index (χ0v) is 7.05. The first-order chi connectivity index (χ1) is 6.68. The smallest absolute Gasteiger partial charge is 0.153 e. The molecular formula is C10H6F3N. The van der Waals surface area contributed by atoms with Gasteiger partial charge >= 0.3 is 0 Å². The molecule has 2 rings (SSSR count). The summed E-state index contributed by atoms with van der Waals surface area (Å²) in [7, 11) is 0. The summed E-state index contributed by atoms with van der Waals surface area (Å²) in [6, 6.07) is 4.56. The normalized spacial score (nSPS) is 10.5. The molecule has 72 valence electrons.